The number of aliphatic carboxylic acids is 1. The lowest BCUT2D eigenvalue weighted by Gasteiger charge is -2.22. The molecule has 1 aromatic heterocycles. The molecule has 2 aromatic rings. The molecule has 0 atom stereocenters. The molecule has 0 radical (unpaired) electrons. The van der Waals surface area contributed by atoms with Crippen LogP contribution in [0.2, 0.25) is 0 Å². The van der Waals surface area contributed by atoms with Crippen molar-refractivity contribution >= 4 is 17.6 Å². The molecular formula is C18H21NO4. The van der Waals surface area contributed by atoms with Gasteiger partial charge in [-0.15, -0.1) is 0 Å². The van der Waals surface area contributed by atoms with E-state index in [0.29, 0.717) is 17.7 Å². The molecule has 0 saturated heterocycles. The molecule has 0 aliphatic rings. The van der Waals surface area contributed by atoms with Crippen LogP contribution in [0.1, 0.15) is 39.7 Å². The molecule has 1 amide bonds. The fourth-order valence-electron chi connectivity index (χ4n) is 2.74. The van der Waals surface area contributed by atoms with Crippen molar-refractivity contribution in [2.75, 3.05) is 11.4 Å². The van der Waals surface area contributed by atoms with Crippen LogP contribution in [0.3, 0.4) is 0 Å². The first-order chi connectivity index (χ1) is 10.8. The minimum atomic E-state index is -1.03. The van der Waals surface area contributed by atoms with Crippen LogP contribution in [-0.4, -0.2) is 23.5 Å². The van der Waals surface area contributed by atoms with Gasteiger partial charge in [0.25, 0.3) is 5.91 Å². The number of nitrogens with zero attached hydrogens (tertiary/aromatic N) is 1. The molecule has 0 aliphatic heterocycles. The van der Waals surface area contributed by atoms with Crippen molar-refractivity contribution in [3.05, 3.63) is 52.5 Å². The molecule has 1 heterocycles. The third kappa shape index (κ3) is 3.62. The number of amides is 1. The minimum absolute atomic E-state index is 0.197. The number of carbonyl (C=O) groups excluding carboxylic acids is 1. The number of rotatable bonds is 5. The van der Waals surface area contributed by atoms with E-state index < -0.39 is 5.97 Å². The van der Waals surface area contributed by atoms with Crippen LogP contribution in [0, 0.1) is 20.8 Å². The van der Waals surface area contributed by atoms with Gasteiger partial charge in [0.05, 0.1) is 11.8 Å². The molecule has 0 saturated carbocycles. The largest absolute Gasteiger partial charge is 0.481 e. The zero-order chi connectivity index (χ0) is 17.1. The molecule has 1 aromatic carbocycles. The van der Waals surface area contributed by atoms with Crippen LogP contribution in [0.15, 0.2) is 28.9 Å². The molecule has 5 nitrogen and oxygen atoms in total. The predicted octanol–water partition coefficient (Wildman–Crippen LogP) is 3.50. The van der Waals surface area contributed by atoms with Crippen LogP contribution in [0.4, 0.5) is 5.69 Å². The van der Waals surface area contributed by atoms with Crippen molar-refractivity contribution in [1.82, 2.24) is 0 Å². The third-order valence-corrected chi connectivity index (χ3v) is 3.66. The van der Waals surface area contributed by atoms with E-state index in [4.69, 9.17) is 9.52 Å². The zero-order valence-electron chi connectivity index (χ0n) is 13.8. The molecule has 5 heteroatoms. The Hall–Kier alpha value is -2.56. The summed E-state index contributed by atoms with van der Waals surface area (Å²) in [6.07, 6.45) is 1.13. The van der Waals surface area contributed by atoms with E-state index in [-0.39, 0.29) is 18.1 Å². The highest BCUT2D eigenvalue weighted by Crippen LogP contribution is 2.25. The summed E-state index contributed by atoms with van der Waals surface area (Å²) in [6, 6.07) is 5.93. The van der Waals surface area contributed by atoms with Crippen molar-refractivity contribution < 1.29 is 19.1 Å². The molecular weight excluding hydrogens is 294 g/mol. The number of hydrogen-bond donors (Lipinski definition) is 1. The summed E-state index contributed by atoms with van der Waals surface area (Å²) >= 11 is 0. The Morgan fingerprint density at radius 1 is 1.13 bits per heavy atom. The average molecular weight is 315 g/mol. The highest BCUT2D eigenvalue weighted by atomic mass is 16.4. The molecule has 2 rings (SSSR count). The fraction of sp³-hybridized carbons (Fsp3) is 0.333. The lowest BCUT2D eigenvalue weighted by molar-refractivity contribution is -0.136. The summed E-state index contributed by atoms with van der Waals surface area (Å²) in [4.78, 5) is 25.6. The number of carboxylic acids is 1. The summed E-state index contributed by atoms with van der Waals surface area (Å²) in [5, 5.41) is 8.98. The van der Waals surface area contributed by atoms with Crippen molar-refractivity contribution in [3.8, 4) is 0 Å². The number of hydrogen-bond acceptors (Lipinski definition) is 3. The van der Waals surface area contributed by atoms with Crippen molar-refractivity contribution in [3.63, 3.8) is 0 Å². The third-order valence-electron chi connectivity index (χ3n) is 3.66. The lowest BCUT2D eigenvalue weighted by Crippen LogP contribution is -2.31. The standard InChI is InChI=1S/C18H21NO4/c1-5-19(14-7-11(2)6-12(3)8-14)18(22)17-13(4)10-23-15(17)9-16(20)21/h6-8,10H,5,9H2,1-4H3,(H,20,21). The Balaban J connectivity index is 2.45. The second kappa shape index (κ2) is 6.69. The minimum Gasteiger partial charge on any atom is -0.481 e. The normalized spacial score (nSPS) is 10.6. The first-order valence-corrected chi connectivity index (χ1v) is 7.52. The first kappa shape index (κ1) is 16.8. The van der Waals surface area contributed by atoms with Crippen LogP contribution in [0.5, 0.6) is 0 Å². The van der Waals surface area contributed by atoms with E-state index in [0.717, 1.165) is 16.8 Å². The van der Waals surface area contributed by atoms with Crippen LogP contribution in [0.25, 0.3) is 0 Å². The van der Waals surface area contributed by atoms with Crippen LogP contribution in [-0.2, 0) is 11.2 Å². The van der Waals surface area contributed by atoms with Crippen LogP contribution >= 0.6 is 0 Å². The van der Waals surface area contributed by atoms with Gasteiger partial charge in [-0.25, -0.2) is 0 Å². The van der Waals surface area contributed by atoms with E-state index in [9.17, 15) is 9.59 Å². The zero-order valence-corrected chi connectivity index (χ0v) is 13.8. The van der Waals surface area contributed by atoms with Gasteiger partial charge in [0, 0.05) is 17.8 Å². The van der Waals surface area contributed by atoms with Gasteiger partial charge in [-0.3, -0.25) is 9.59 Å². The summed E-state index contributed by atoms with van der Waals surface area (Å²) in [7, 11) is 0. The summed E-state index contributed by atoms with van der Waals surface area (Å²) < 4.78 is 5.28. The van der Waals surface area contributed by atoms with Gasteiger partial charge >= 0.3 is 5.97 Å². The predicted molar refractivity (Wildman–Crippen MR) is 88.1 cm³/mol. The maximum atomic E-state index is 13.0. The maximum Gasteiger partial charge on any atom is 0.311 e. The van der Waals surface area contributed by atoms with E-state index in [1.807, 2.05) is 39.0 Å². The molecule has 0 spiro atoms. The Bertz CT molecular complexity index is 725. The van der Waals surface area contributed by atoms with Gasteiger partial charge in [-0.1, -0.05) is 6.07 Å². The Morgan fingerprint density at radius 3 is 2.26 bits per heavy atom. The van der Waals surface area contributed by atoms with Crippen molar-refractivity contribution in [1.29, 1.82) is 0 Å². The molecule has 122 valence electrons. The molecule has 1 N–H and O–H groups in total. The smallest absolute Gasteiger partial charge is 0.311 e. The highest BCUT2D eigenvalue weighted by molar-refractivity contribution is 6.08. The summed E-state index contributed by atoms with van der Waals surface area (Å²) in [5.41, 5.74) is 3.93. The SMILES string of the molecule is CCN(C(=O)c1c(C)coc1CC(=O)O)c1cc(C)cc(C)c1. The molecule has 0 bridgehead atoms. The van der Waals surface area contributed by atoms with Crippen LogP contribution < -0.4 is 4.90 Å². The summed E-state index contributed by atoms with van der Waals surface area (Å²) in [5.74, 6) is -1.06. The fourth-order valence-corrected chi connectivity index (χ4v) is 2.74. The van der Waals surface area contributed by atoms with Gasteiger partial charge in [0.2, 0.25) is 0 Å². The second-order valence-corrected chi connectivity index (χ2v) is 5.68. The van der Waals surface area contributed by atoms with Crippen molar-refractivity contribution in [2.45, 2.75) is 34.1 Å². The topological polar surface area (TPSA) is 70.8 Å². The van der Waals surface area contributed by atoms with E-state index in [2.05, 4.69) is 0 Å². The number of anilines is 1. The van der Waals surface area contributed by atoms with Gasteiger partial charge < -0.3 is 14.4 Å². The highest BCUT2D eigenvalue weighted by Gasteiger charge is 2.25. The van der Waals surface area contributed by atoms with Gasteiger partial charge in [0.15, 0.2) is 0 Å². The Kier molecular flexibility index (Phi) is 4.89. The molecule has 23 heavy (non-hydrogen) atoms. The number of aryl methyl sites for hydroxylation is 3. The lowest BCUT2D eigenvalue weighted by atomic mass is 10.1. The monoisotopic (exact) mass is 315 g/mol. The number of carbonyl (C=O) groups is 2. The van der Waals surface area contributed by atoms with E-state index >= 15 is 0 Å². The molecule has 0 aliphatic carbocycles. The summed E-state index contributed by atoms with van der Waals surface area (Å²) in [6.45, 7) is 8.08. The van der Waals surface area contributed by atoms with E-state index in [1.165, 1.54) is 6.26 Å². The average Bonchev–Trinajstić information content (AvgIpc) is 2.78. The van der Waals surface area contributed by atoms with Gasteiger partial charge in [0.1, 0.15) is 12.2 Å². The van der Waals surface area contributed by atoms with Crippen molar-refractivity contribution in [2.24, 2.45) is 0 Å². The van der Waals surface area contributed by atoms with Gasteiger partial charge in [-0.2, -0.15) is 0 Å². The van der Waals surface area contributed by atoms with Gasteiger partial charge in [-0.05, 0) is 51.0 Å². The maximum absolute atomic E-state index is 13.0. The first-order valence-electron chi connectivity index (χ1n) is 7.52. The Morgan fingerprint density at radius 2 is 1.74 bits per heavy atom. The number of benzene rings is 1. The molecule has 0 fully saturated rings. The van der Waals surface area contributed by atoms with E-state index in [1.54, 1.807) is 11.8 Å². The number of carboxylic acid groups (broad SMARTS) is 1. The molecule has 0 unspecified atom stereocenters. The number of furan rings is 1. The Labute approximate surface area is 135 Å². The second-order valence-electron chi connectivity index (χ2n) is 5.68. The quantitative estimate of drug-likeness (QED) is 0.916.